The number of hydrogen-bond donors (Lipinski definition) is 1. The quantitative estimate of drug-likeness (QED) is 0.213. The van der Waals surface area contributed by atoms with Crippen LogP contribution < -0.4 is 14.5 Å². The Morgan fingerprint density at radius 1 is 1.26 bits per heavy atom. The molecule has 3 aliphatic rings. The van der Waals surface area contributed by atoms with Crippen LogP contribution in [0.5, 0.6) is 11.8 Å². The van der Waals surface area contributed by atoms with Gasteiger partial charge in [-0.25, -0.2) is 0 Å². The zero-order valence-electron chi connectivity index (χ0n) is 25.4. The van der Waals surface area contributed by atoms with Gasteiger partial charge in [0, 0.05) is 61.8 Å². The number of morpholine rings is 1. The van der Waals surface area contributed by atoms with Gasteiger partial charge < -0.3 is 24.4 Å². The number of fused-ring (bicyclic) bond motifs is 3. The number of carbonyl (C=O) groups excluding carboxylic acids is 1. The van der Waals surface area contributed by atoms with Gasteiger partial charge in [-0.3, -0.25) is 9.69 Å². The zero-order chi connectivity index (χ0) is 29.9. The second kappa shape index (κ2) is 12.9. The van der Waals surface area contributed by atoms with Crippen LogP contribution in [-0.4, -0.2) is 83.8 Å². The molecule has 0 radical (unpaired) electrons. The molecule has 9 nitrogen and oxygen atoms in total. The summed E-state index contributed by atoms with van der Waals surface area (Å²) in [5.74, 6) is 1.65. The van der Waals surface area contributed by atoms with Crippen LogP contribution in [0.3, 0.4) is 0 Å². The molecular weight excluding hydrogens is 542 g/mol. The largest absolute Gasteiger partial charge is 0.508 e. The molecule has 0 spiro atoms. The Kier molecular flexibility index (Phi) is 8.81. The summed E-state index contributed by atoms with van der Waals surface area (Å²) >= 11 is 0. The minimum Gasteiger partial charge on any atom is -0.508 e. The number of carbonyl (C=O) groups is 1. The molecule has 43 heavy (non-hydrogen) atoms. The number of hydrogen-bond acceptors (Lipinski definition) is 9. The number of aromatic hydroxyl groups is 1. The Morgan fingerprint density at radius 3 is 2.86 bits per heavy atom. The van der Waals surface area contributed by atoms with Crippen molar-refractivity contribution in [3.8, 4) is 11.8 Å². The Hall–Kier alpha value is -3.69. The van der Waals surface area contributed by atoms with E-state index < -0.39 is 0 Å². The van der Waals surface area contributed by atoms with Gasteiger partial charge in [0.25, 0.3) is 0 Å². The van der Waals surface area contributed by atoms with E-state index in [0.717, 1.165) is 92.1 Å². The van der Waals surface area contributed by atoms with Crippen LogP contribution in [0.15, 0.2) is 49.1 Å². The molecule has 9 heteroatoms. The van der Waals surface area contributed by atoms with Crippen LogP contribution in [0.2, 0.25) is 0 Å². The van der Waals surface area contributed by atoms with Gasteiger partial charge >= 0.3 is 6.01 Å². The maximum Gasteiger partial charge on any atom is 0.318 e. The number of aromatic nitrogens is 2. The zero-order valence-corrected chi connectivity index (χ0v) is 25.4. The van der Waals surface area contributed by atoms with Crippen LogP contribution >= 0.6 is 0 Å². The molecule has 1 N–H and O–H groups in total. The van der Waals surface area contributed by atoms with Gasteiger partial charge in [0.05, 0.1) is 37.6 Å². The molecule has 0 saturated carbocycles. The summed E-state index contributed by atoms with van der Waals surface area (Å²) in [5.41, 5.74) is 3.09. The van der Waals surface area contributed by atoms with Crippen molar-refractivity contribution in [2.75, 3.05) is 55.7 Å². The van der Waals surface area contributed by atoms with Crippen molar-refractivity contribution in [3.63, 3.8) is 0 Å². The van der Waals surface area contributed by atoms with Gasteiger partial charge in [-0.1, -0.05) is 44.7 Å². The summed E-state index contributed by atoms with van der Waals surface area (Å²) in [5, 5.41) is 12.6. The standard InChI is InChI=1S/C34H43N5O4/c1-4-25(40)10-7-13-39(19-23(2)3)33-28-12-15-38(30-18-26(41)17-24-9-5-6-11-27(24)30)20-29(28)35-34(36-33)42-16-8-14-37-21-32-31(37)22-43-32/h4-6,9,11,17-18,23,31-32,41H,1,7-8,10,12-16,19-22H2,2-3H3/t31-,32?/m1/s1. The van der Waals surface area contributed by atoms with Crippen molar-refractivity contribution < 1.29 is 19.4 Å². The van der Waals surface area contributed by atoms with E-state index in [4.69, 9.17) is 19.4 Å². The fourth-order valence-corrected chi connectivity index (χ4v) is 6.48. The van der Waals surface area contributed by atoms with Crippen LogP contribution in [0.25, 0.3) is 10.8 Å². The van der Waals surface area contributed by atoms with Crippen LogP contribution in [0.4, 0.5) is 11.5 Å². The first-order valence-corrected chi connectivity index (χ1v) is 15.6. The van der Waals surface area contributed by atoms with Crippen molar-refractivity contribution in [1.82, 2.24) is 14.9 Å². The summed E-state index contributed by atoms with van der Waals surface area (Å²) in [7, 11) is 0. The van der Waals surface area contributed by atoms with Gasteiger partial charge in [0.2, 0.25) is 0 Å². The number of rotatable bonds is 14. The van der Waals surface area contributed by atoms with E-state index in [9.17, 15) is 9.90 Å². The normalized spacial score (nSPS) is 19.4. The molecule has 2 saturated heterocycles. The van der Waals surface area contributed by atoms with E-state index in [-0.39, 0.29) is 11.5 Å². The monoisotopic (exact) mass is 585 g/mol. The highest BCUT2D eigenvalue weighted by molar-refractivity contribution is 5.95. The predicted molar refractivity (Wildman–Crippen MR) is 169 cm³/mol. The third-order valence-corrected chi connectivity index (χ3v) is 8.77. The lowest BCUT2D eigenvalue weighted by Crippen LogP contribution is -2.70. The molecule has 0 bridgehead atoms. The number of ketones is 1. The molecular formula is C34H43N5O4. The number of anilines is 2. The lowest BCUT2D eigenvalue weighted by atomic mass is 9.95. The predicted octanol–water partition coefficient (Wildman–Crippen LogP) is 4.75. The van der Waals surface area contributed by atoms with Crippen LogP contribution in [0.1, 0.15) is 44.4 Å². The highest BCUT2D eigenvalue weighted by Gasteiger charge is 2.46. The van der Waals surface area contributed by atoms with Crippen molar-refractivity contribution in [1.29, 1.82) is 0 Å². The van der Waals surface area contributed by atoms with E-state index in [1.54, 1.807) is 0 Å². The molecule has 0 aliphatic carbocycles. The van der Waals surface area contributed by atoms with E-state index >= 15 is 0 Å². The summed E-state index contributed by atoms with van der Waals surface area (Å²) in [6.07, 6.45) is 4.72. The second-order valence-corrected chi connectivity index (χ2v) is 12.4. The number of ether oxygens (including phenoxy) is 2. The third-order valence-electron chi connectivity index (χ3n) is 8.77. The summed E-state index contributed by atoms with van der Waals surface area (Å²) in [4.78, 5) is 29.0. The minimum absolute atomic E-state index is 0.0641. The van der Waals surface area contributed by atoms with Crippen molar-refractivity contribution in [2.24, 2.45) is 5.92 Å². The molecule has 2 fully saturated rings. The number of phenols is 1. The SMILES string of the molecule is C=CC(=O)CCCN(CC(C)C)c1nc(OCCCN2CC3OC[C@H]32)nc2c1CCN(c1cc(O)cc3ccccc13)C2. The maximum atomic E-state index is 12.0. The number of benzene rings is 2. The van der Waals surface area contributed by atoms with Crippen molar-refractivity contribution >= 4 is 28.1 Å². The van der Waals surface area contributed by atoms with E-state index in [1.165, 1.54) is 6.08 Å². The fraction of sp³-hybridized carbons (Fsp3) is 0.500. The minimum atomic E-state index is 0.0641. The Morgan fingerprint density at radius 2 is 2.12 bits per heavy atom. The molecule has 0 amide bonds. The molecule has 1 aromatic heterocycles. The molecule has 2 atom stereocenters. The van der Waals surface area contributed by atoms with E-state index in [1.807, 2.05) is 30.3 Å². The van der Waals surface area contributed by atoms with Crippen LogP contribution in [0, 0.1) is 5.92 Å². The molecule has 3 aliphatic heterocycles. The Bertz CT molecular complexity index is 1480. The first-order chi connectivity index (χ1) is 20.9. The molecule has 6 rings (SSSR count). The first-order valence-electron chi connectivity index (χ1n) is 15.6. The van der Waals surface area contributed by atoms with Gasteiger partial charge in [-0.2, -0.15) is 9.97 Å². The molecule has 4 heterocycles. The van der Waals surface area contributed by atoms with Crippen LogP contribution in [-0.2, 0) is 22.5 Å². The summed E-state index contributed by atoms with van der Waals surface area (Å²) in [6.45, 7) is 14.3. The third kappa shape index (κ3) is 6.48. The van der Waals surface area contributed by atoms with Crippen molar-refractivity contribution in [3.05, 3.63) is 60.3 Å². The van der Waals surface area contributed by atoms with Gasteiger partial charge in [0.1, 0.15) is 11.6 Å². The fourth-order valence-electron chi connectivity index (χ4n) is 6.48. The summed E-state index contributed by atoms with van der Waals surface area (Å²) in [6, 6.07) is 12.8. The van der Waals surface area contributed by atoms with Gasteiger partial charge in [0.15, 0.2) is 5.78 Å². The number of phenolic OH excluding ortho intramolecular Hbond substituents is 1. The van der Waals surface area contributed by atoms with E-state index in [0.29, 0.717) is 43.6 Å². The van der Waals surface area contributed by atoms with Crippen molar-refractivity contribution in [2.45, 2.75) is 58.2 Å². The summed E-state index contributed by atoms with van der Waals surface area (Å²) < 4.78 is 11.8. The first kappa shape index (κ1) is 29.4. The number of allylic oxidation sites excluding steroid dienone is 1. The lowest BCUT2D eigenvalue weighted by Gasteiger charge is -2.55. The van der Waals surface area contributed by atoms with Gasteiger partial charge in [-0.15, -0.1) is 0 Å². The maximum absolute atomic E-state index is 12.0. The molecule has 228 valence electrons. The highest BCUT2D eigenvalue weighted by atomic mass is 16.5. The average Bonchev–Trinajstić information content (AvgIpc) is 2.99. The second-order valence-electron chi connectivity index (χ2n) is 12.4. The number of nitrogens with zero attached hydrogens (tertiary/aromatic N) is 5. The average molecular weight is 586 g/mol. The molecule has 3 aromatic rings. The van der Waals surface area contributed by atoms with E-state index in [2.05, 4.69) is 41.2 Å². The highest BCUT2D eigenvalue weighted by Crippen LogP contribution is 2.36. The van der Waals surface area contributed by atoms with Gasteiger partial charge in [-0.05, 0) is 42.7 Å². The molecule has 1 unspecified atom stereocenters. The Balaban J connectivity index is 1.26. The Labute approximate surface area is 254 Å². The number of likely N-dealkylation sites (tertiary alicyclic amines) is 1. The topological polar surface area (TPSA) is 91.3 Å². The molecule has 2 aromatic carbocycles. The lowest BCUT2D eigenvalue weighted by molar-refractivity contribution is -0.214. The smallest absolute Gasteiger partial charge is 0.318 e.